The van der Waals surface area contributed by atoms with Crippen molar-refractivity contribution in [3.8, 4) is 0 Å². The number of carbonyl (C=O) groups excluding carboxylic acids is 1. The third-order valence-corrected chi connectivity index (χ3v) is 5.11. The van der Waals surface area contributed by atoms with Crippen molar-refractivity contribution in [1.29, 1.82) is 0 Å². The highest BCUT2D eigenvalue weighted by molar-refractivity contribution is 7.90. The Kier molecular flexibility index (Phi) is 7.80. The molecule has 130 valence electrons. The molecule has 1 heterocycles. The molecule has 1 unspecified atom stereocenters. The fourth-order valence-electron chi connectivity index (χ4n) is 2.66. The number of sulfone groups is 1. The van der Waals surface area contributed by atoms with Crippen LogP contribution in [-0.2, 0) is 14.6 Å². The molecule has 0 saturated carbocycles. The van der Waals surface area contributed by atoms with Gasteiger partial charge in [0.2, 0.25) is 5.91 Å². The molecule has 1 aliphatic rings. The van der Waals surface area contributed by atoms with Gasteiger partial charge in [-0.1, -0.05) is 29.8 Å². The SMILES string of the molecule is CS(=O)(=O)CCCC(=O)N1CCNCC1c1ccccc1Cl.Cl. The second kappa shape index (κ2) is 8.87. The van der Waals surface area contributed by atoms with Gasteiger partial charge in [-0.05, 0) is 18.1 Å². The monoisotopic (exact) mass is 380 g/mol. The topological polar surface area (TPSA) is 66.5 Å². The number of carbonyl (C=O) groups is 1. The molecule has 1 amide bonds. The van der Waals surface area contributed by atoms with E-state index in [-0.39, 0.29) is 36.5 Å². The van der Waals surface area contributed by atoms with Crippen molar-refractivity contribution < 1.29 is 13.2 Å². The molecular weight excluding hydrogens is 359 g/mol. The van der Waals surface area contributed by atoms with Gasteiger partial charge in [0, 0.05) is 37.3 Å². The molecule has 5 nitrogen and oxygen atoms in total. The smallest absolute Gasteiger partial charge is 0.223 e. The van der Waals surface area contributed by atoms with Crippen LogP contribution in [0.15, 0.2) is 24.3 Å². The number of nitrogens with zero attached hydrogens (tertiary/aromatic N) is 1. The Morgan fingerprint density at radius 3 is 2.74 bits per heavy atom. The first-order chi connectivity index (χ1) is 10.4. The molecule has 1 saturated heterocycles. The molecule has 2 rings (SSSR count). The minimum atomic E-state index is -3.03. The zero-order valence-corrected chi connectivity index (χ0v) is 15.4. The van der Waals surface area contributed by atoms with Crippen LogP contribution < -0.4 is 5.32 Å². The van der Waals surface area contributed by atoms with Crippen molar-refractivity contribution in [2.45, 2.75) is 18.9 Å². The summed E-state index contributed by atoms with van der Waals surface area (Å²) in [5.41, 5.74) is 0.924. The molecule has 0 aliphatic carbocycles. The van der Waals surface area contributed by atoms with Gasteiger partial charge < -0.3 is 10.2 Å². The third kappa shape index (κ3) is 5.95. The average Bonchev–Trinajstić information content (AvgIpc) is 2.46. The average molecular weight is 381 g/mol. The van der Waals surface area contributed by atoms with E-state index in [0.717, 1.165) is 12.1 Å². The Morgan fingerprint density at radius 2 is 2.09 bits per heavy atom. The number of hydrogen-bond acceptors (Lipinski definition) is 4. The van der Waals surface area contributed by atoms with Crippen LogP contribution in [0.2, 0.25) is 5.02 Å². The van der Waals surface area contributed by atoms with Crippen molar-refractivity contribution in [2.75, 3.05) is 31.6 Å². The summed E-state index contributed by atoms with van der Waals surface area (Å²) in [7, 11) is -3.03. The normalized spacial score (nSPS) is 18.3. The van der Waals surface area contributed by atoms with E-state index in [4.69, 9.17) is 11.6 Å². The fraction of sp³-hybridized carbons (Fsp3) is 0.533. The van der Waals surface area contributed by atoms with Crippen LogP contribution >= 0.6 is 24.0 Å². The van der Waals surface area contributed by atoms with Crippen LogP contribution in [0.25, 0.3) is 0 Å². The molecule has 23 heavy (non-hydrogen) atoms. The van der Waals surface area contributed by atoms with Gasteiger partial charge in [-0.25, -0.2) is 8.42 Å². The largest absolute Gasteiger partial charge is 0.333 e. The summed E-state index contributed by atoms with van der Waals surface area (Å²) in [6.45, 7) is 1.99. The van der Waals surface area contributed by atoms with Crippen molar-refractivity contribution in [2.24, 2.45) is 0 Å². The summed E-state index contributed by atoms with van der Waals surface area (Å²) < 4.78 is 22.3. The van der Waals surface area contributed by atoms with E-state index in [9.17, 15) is 13.2 Å². The standard InChI is InChI=1S/C15H21ClN2O3S.ClH/c1-22(20,21)10-4-7-15(19)18-9-8-17-11-14(18)12-5-2-3-6-13(12)16;/h2-3,5-6,14,17H,4,7-11H2,1H3;1H. The summed E-state index contributed by atoms with van der Waals surface area (Å²) in [5.74, 6) is 0.0248. The number of hydrogen-bond donors (Lipinski definition) is 1. The van der Waals surface area contributed by atoms with E-state index in [1.54, 1.807) is 4.90 Å². The maximum Gasteiger partial charge on any atom is 0.223 e. The summed E-state index contributed by atoms with van der Waals surface area (Å²) in [6, 6.07) is 7.41. The lowest BCUT2D eigenvalue weighted by Gasteiger charge is -2.37. The number of nitrogens with one attached hydrogen (secondary N) is 1. The van der Waals surface area contributed by atoms with Crippen LogP contribution in [0, 0.1) is 0 Å². The second-order valence-corrected chi connectivity index (χ2v) is 8.23. The first-order valence-corrected chi connectivity index (χ1v) is 9.74. The van der Waals surface area contributed by atoms with Gasteiger partial charge in [0.05, 0.1) is 11.8 Å². The van der Waals surface area contributed by atoms with Gasteiger partial charge in [0.15, 0.2) is 0 Å². The molecule has 1 atom stereocenters. The Hall–Kier alpha value is -0.820. The van der Waals surface area contributed by atoms with Gasteiger partial charge in [-0.3, -0.25) is 4.79 Å². The second-order valence-electron chi connectivity index (χ2n) is 5.56. The lowest BCUT2D eigenvalue weighted by molar-refractivity contribution is -0.134. The van der Waals surface area contributed by atoms with Crippen LogP contribution in [0.4, 0.5) is 0 Å². The molecule has 0 bridgehead atoms. The molecule has 1 aromatic carbocycles. The van der Waals surface area contributed by atoms with Crippen LogP contribution in [-0.4, -0.2) is 50.9 Å². The van der Waals surface area contributed by atoms with Gasteiger partial charge >= 0.3 is 0 Å². The highest BCUT2D eigenvalue weighted by Crippen LogP contribution is 2.29. The summed E-state index contributed by atoms with van der Waals surface area (Å²) >= 11 is 6.25. The Morgan fingerprint density at radius 1 is 1.39 bits per heavy atom. The van der Waals surface area contributed by atoms with Gasteiger partial charge in [0.25, 0.3) is 0 Å². The van der Waals surface area contributed by atoms with Crippen molar-refractivity contribution in [3.63, 3.8) is 0 Å². The zero-order chi connectivity index (χ0) is 16.2. The van der Waals surface area contributed by atoms with Crippen LogP contribution in [0.1, 0.15) is 24.4 Å². The molecule has 1 N–H and O–H groups in total. The molecule has 1 fully saturated rings. The lowest BCUT2D eigenvalue weighted by Crippen LogP contribution is -2.48. The lowest BCUT2D eigenvalue weighted by atomic mass is 10.0. The predicted molar refractivity (Wildman–Crippen MR) is 95.0 cm³/mol. The maximum absolute atomic E-state index is 12.4. The number of halogens is 2. The van der Waals surface area contributed by atoms with Gasteiger partial charge in [-0.2, -0.15) is 0 Å². The van der Waals surface area contributed by atoms with Crippen molar-refractivity contribution in [1.82, 2.24) is 10.2 Å². The van der Waals surface area contributed by atoms with E-state index in [1.165, 1.54) is 6.26 Å². The number of rotatable bonds is 5. The minimum absolute atomic E-state index is 0. The third-order valence-electron chi connectivity index (χ3n) is 3.73. The van der Waals surface area contributed by atoms with E-state index < -0.39 is 9.84 Å². The zero-order valence-electron chi connectivity index (χ0n) is 13.0. The highest BCUT2D eigenvalue weighted by atomic mass is 35.5. The van der Waals surface area contributed by atoms with Gasteiger partial charge in [-0.15, -0.1) is 12.4 Å². The van der Waals surface area contributed by atoms with E-state index in [1.807, 2.05) is 24.3 Å². The number of piperazine rings is 1. The van der Waals surface area contributed by atoms with Crippen molar-refractivity contribution in [3.05, 3.63) is 34.9 Å². The molecule has 1 aliphatic heterocycles. The Bertz CT molecular complexity index is 637. The fourth-order valence-corrected chi connectivity index (χ4v) is 3.59. The minimum Gasteiger partial charge on any atom is -0.333 e. The highest BCUT2D eigenvalue weighted by Gasteiger charge is 2.28. The molecular formula is C15H22Cl2N2O3S. The number of amides is 1. The molecule has 0 radical (unpaired) electrons. The van der Waals surface area contributed by atoms with E-state index >= 15 is 0 Å². The van der Waals surface area contributed by atoms with Crippen LogP contribution in [0.3, 0.4) is 0 Å². The molecule has 0 aromatic heterocycles. The van der Waals surface area contributed by atoms with Crippen molar-refractivity contribution >= 4 is 39.8 Å². The van der Waals surface area contributed by atoms with E-state index in [0.29, 0.717) is 24.5 Å². The van der Waals surface area contributed by atoms with Crippen LogP contribution in [0.5, 0.6) is 0 Å². The molecule has 0 spiro atoms. The summed E-state index contributed by atoms with van der Waals surface area (Å²) in [6.07, 6.45) is 1.79. The first-order valence-electron chi connectivity index (χ1n) is 7.31. The number of benzene rings is 1. The molecule has 8 heteroatoms. The summed E-state index contributed by atoms with van der Waals surface area (Å²) in [4.78, 5) is 14.2. The van der Waals surface area contributed by atoms with E-state index in [2.05, 4.69) is 5.32 Å². The molecule has 1 aromatic rings. The maximum atomic E-state index is 12.4. The van der Waals surface area contributed by atoms with Gasteiger partial charge in [0.1, 0.15) is 9.84 Å². The Balaban J connectivity index is 0.00000264. The quantitative estimate of drug-likeness (QED) is 0.848. The summed E-state index contributed by atoms with van der Waals surface area (Å²) in [5, 5.41) is 3.92. The predicted octanol–water partition coefficient (Wildman–Crippen LogP) is 2.06. The Labute approximate surface area is 148 Å². The first kappa shape index (κ1) is 20.2.